The van der Waals surface area contributed by atoms with Crippen molar-refractivity contribution in [1.82, 2.24) is 10.2 Å². The molecule has 7 heteroatoms. The number of carbonyl (C=O) groups excluding carboxylic acids is 1. The second-order valence-corrected chi connectivity index (χ2v) is 7.40. The Balaban J connectivity index is 2.74. The molecular weight excluding hydrogens is 350 g/mol. The summed E-state index contributed by atoms with van der Waals surface area (Å²) in [5.41, 5.74) is 0.402. The number of nitrogens with zero attached hydrogens (tertiary/aromatic N) is 1. The Morgan fingerprint density at radius 3 is 2.40 bits per heavy atom. The molecule has 1 aromatic carbocycles. The van der Waals surface area contributed by atoms with Crippen molar-refractivity contribution >= 4 is 17.7 Å². The van der Waals surface area contributed by atoms with Gasteiger partial charge in [-0.25, -0.2) is 13.6 Å². The Hall–Kier alpha value is -1.40. The summed E-state index contributed by atoms with van der Waals surface area (Å²) in [5.74, 6) is 0. The van der Waals surface area contributed by atoms with Crippen LogP contribution in [0.1, 0.15) is 32.8 Å². The van der Waals surface area contributed by atoms with Crippen LogP contribution < -0.4 is 5.32 Å². The highest BCUT2D eigenvalue weighted by Crippen LogP contribution is 2.15. The third-order valence-electron chi connectivity index (χ3n) is 3.53. The molecular formula is C18H27ClF2N2O2. The van der Waals surface area contributed by atoms with E-state index < -0.39 is 18.1 Å². The molecule has 0 aliphatic rings. The van der Waals surface area contributed by atoms with Crippen molar-refractivity contribution in [3.63, 3.8) is 0 Å². The predicted molar refractivity (Wildman–Crippen MR) is 96.4 cm³/mol. The van der Waals surface area contributed by atoms with Gasteiger partial charge in [-0.15, -0.1) is 0 Å². The maximum atomic E-state index is 12.3. The number of ether oxygens (including phenoxy) is 1. The summed E-state index contributed by atoms with van der Waals surface area (Å²) in [5, 5.41) is 3.63. The maximum Gasteiger partial charge on any atom is 0.410 e. The lowest BCUT2D eigenvalue weighted by molar-refractivity contribution is 0.0220. The molecule has 0 aromatic heterocycles. The lowest BCUT2D eigenvalue weighted by Gasteiger charge is -2.31. The van der Waals surface area contributed by atoms with E-state index in [0.29, 0.717) is 18.0 Å². The van der Waals surface area contributed by atoms with Crippen LogP contribution in [0.4, 0.5) is 13.6 Å². The molecule has 0 radical (unpaired) electrons. The first kappa shape index (κ1) is 21.6. The van der Waals surface area contributed by atoms with Crippen LogP contribution in [0, 0.1) is 0 Å². The summed E-state index contributed by atoms with van der Waals surface area (Å²) >= 11 is 5.90. The zero-order valence-corrected chi connectivity index (χ0v) is 15.9. The standard InChI is InChI=1S/C18H27ClF2N2O2/c1-18(2,3)25-17(24)23(4)15(12-22-10-9-16(20)21)11-13-5-7-14(19)8-6-13/h5-8,15-16,22H,9-12H2,1-4H3/t15-/m1/s1. The van der Waals surface area contributed by atoms with Gasteiger partial charge in [0, 0.05) is 31.6 Å². The third-order valence-corrected chi connectivity index (χ3v) is 3.79. The molecule has 0 heterocycles. The third kappa shape index (κ3) is 9.02. The highest BCUT2D eigenvalue weighted by atomic mass is 35.5. The number of nitrogens with one attached hydrogen (secondary N) is 1. The average Bonchev–Trinajstić information content (AvgIpc) is 2.49. The molecule has 1 rings (SSSR count). The number of likely N-dealkylation sites (N-methyl/N-ethyl adjacent to an activating group) is 1. The fraction of sp³-hybridized carbons (Fsp3) is 0.611. The van der Waals surface area contributed by atoms with Gasteiger partial charge in [0.1, 0.15) is 5.60 Å². The quantitative estimate of drug-likeness (QED) is 0.685. The molecule has 1 N–H and O–H groups in total. The van der Waals surface area contributed by atoms with Crippen LogP contribution in [0.3, 0.4) is 0 Å². The monoisotopic (exact) mass is 376 g/mol. The minimum atomic E-state index is -2.34. The van der Waals surface area contributed by atoms with Crippen molar-refractivity contribution < 1.29 is 18.3 Å². The van der Waals surface area contributed by atoms with Crippen molar-refractivity contribution in [2.75, 3.05) is 20.1 Å². The topological polar surface area (TPSA) is 41.6 Å². The van der Waals surface area contributed by atoms with Gasteiger partial charge in [0.2, 0.25) is 6.43 Å². The summed E-state index contributed by atoms with van der Waals surface area (Å²) in [6.07, 6.45) is -2.44. The Kier molecular flexibility index (Phi) is 8.59. The molecule has 0 saturated heterocycles. The number of amides is 1. The second kappa shape index (κ2) is 9.92. The fourth-order valence-corrected chi connectivity index (χ4v) is 2.33. The van der Waals surface area contributed by atoms with Gasteiger partial charge in [0.15, 0.2) is 0 Å². The minimum absolute atomic E-state index is 0.191. The van der Waals surface area contributed by atoms with E-state index in [2.05, 4.69) is 5.32 Å². The first-order chi connectivity index (χ1) is 11.6. The van der Waals surface area contributed by atoms with E-state index in [0.717, 1.165) is 5.56 Å². The number of halogens is 3. The molecule has 142 valence electrons. The Labute approximate surface area is 153 Å². The summed E-state index contributed by atoms with van der Waals surface area (Å²) in [6.45, 7) is 5.98. The summed E-state index contributed by atoms with van der Waals surface area (Å²) in [6, 6.07) is 7.11. The van der Waals surface area contributed by atoms with E-state index in [1.165, 1.54) is 4.90 Å². The van der Waals surface area contributed by atoms with Crippen molar-refractivity contribution in [1.29, 1.82) is 0 Å². The normalized spacial score (nSPS) is 13.0. The average molecular weight is 377 g/mol. The van der Waals surface area contributed by atoms with Crippen LogP contribution in [-0.2, 0) is 11.2 Å². The van der Waals surface area contributed by atoms with E-state index in [1.54, 1.807) is 40.0 Å². The van der Waals surface area contributed by atoms with Crippen LogP contribution in [0.25, 0.3) is 0 Å². The molecule has 4 nitrogen and oxygen atoms in total. The second-order valence-electron chi connectivity index (χ2n) is 6.96. The number of rotatable bonds is 8. The zero-order valence-electron chi connectivity index (χ0n) is 15.2. The molecule has 25 heavy (non-hydrogen) atoms. The van der Waals surface area contributed by atoms with Gasteiger partial charge < -0.3 is 15.0 Å². The van der Waals surface area contributed by atoms with Crippen LogP contribution >= 0.6 is 11.6 Å². The van der Waals surface area contributed by atoms with Crippen molar-refractivity contribution in [2.45, 2.75) is 51.7 Å². The lowest BCUT2D eigenvalue weighted by Crippen LogP contribution is -2.46. The van der Waals surface area contributed by atoms with Crippen molar-refractivity contribution in [3.8, 4) is 0 Å². The fourth-order valence-electron chi connectivity index (χ4n) is 2.20. The van der Waals surface area contributed by atoms with Crippen LogP contribution in [-0.4, -0.2) is 49.2 Å². The molecule has 0 unspecified atom stereocenters. The van der Waals surface area contributed by atoms with E-state index in [1.807, 2.05) is 12.1 Å². The number of carbonyl (C=O) groups is 1. The molecule has 1 aromatic rings. The molecule has 0 aliphatic heterocycles. The zero-order chi connectivity index (χ0) is 19.0. The largest absolute Gasteiger partial charge is 0.444 e. The Morgan fingerprint density at radius 2 is 1.88 bits per heavy atom. The van der Waals surface area contributed by atoms with E-state index in [9.17, 15) is 13.6 Å². The first-order valence-electron chi connectivity index (χ1n) is 8.27. The van der Waals surface area contributed by atoms with Crippen molar-refractivity contribution in [2.24, 2.45) is 0 Å². The molecule has 1 atom stereocenters. The number of alkyl halides is 2. The first-order valence-corrected chi connectivity index (χ1v) is 8.65. The molecule has 0 bridgehead atoms. The predicted octanol–water partition coefficient (Wildman–Crippen LogP) is 4.36. The minimum Gasteiger partial charge on any atom is -0.444 e. The highest BCUT2D eigenvalue weighted by molar-refractivity contribution is 6.30. The summed E-state index contributed by atoms with van der Waals surface area (Å²) < 4.78 is 30.0. The van der Waals surface area contributed by atoms with Gasteiger partial charge in [-0.2, -0.15) is 0 Å². The molecule has 0 aliphatic carbocycles. The Morgan fingerprint density at radius 1 is 1.28 bits per heavy atom. The van der Waals surface area contributed by atoms with Gasteiger partial charge in [0.05, 0.1) is 6.04 Å². The number of hydrogen-bond acceptors (Lipinski definition) is 3. The summed E-state index contributed by atoms with van der Waals surface area (Å²) in [4.78, 5) is 13.8. The van der Waals surface area contributed by atoms with E-state index in [-0.39, 0.29) is 19.0 Å². The summed E-state index contributed by atoms with van der Waals surface area (Å²) in [7, 11) is 1.66. The number of benzene rings is 1. The van der Waals surface area contributed by atoms with Crippen LogP contribution in [0.2, 0.25) is 5.02 Å². The van der Waals surface area contributed by atoms with Gasteiger partial charge in [-0.3, -0.25) is 0 Å². The van der Waals surface area contributed by atoms with Crippen LogP contribution in [0.15, 0.2) is 24.3 Å². The van der Waals surface area contributed by atoms with Crippen molar-refractivity contribution in [3.05, 3.63) is 34.9 Å². The van der Waals surface area contributed by atoms with Gasteiger partial charge in [-0.05, 0) is 44.9 Å². The van der Waals surface area contributed by atoms with Gasteiger partial charge in [0.25, 0.3) is 0 Å². The lowest BCUT2D eigenvalue weighted by atomic mass is 10.0. The molecule has 0 spiro atoms. The van der Waals surface area contributed by atoms with E-state index >= 15 is 0 Å². The maximum absolute atomic E-state index is 12.3. The molecule has 0 saturated carbocycles. The Bertz CT molecular complexity index is 533. The molecule has 0 fully saturated rings. The van der Waals surface area contributed by atoms with Gasteiger partial charge >= 0.3 is 6.09 Å². The highest BCUT2D eigenvalue weighted by Gasteiger charge is 2.25. The van der Waals surface area contributed by atoms with Gasteiger partial charge in [-0.1, -0.05) is 23.7 Å². The number of hydrogen-bond donors (Lipinski definition) is 1. The smallest absolute Gasteiger partial charge is 0.410 e. The SMILES string of the molecule is CN(C(=O)OC(C)(C)C)[C@@H](CNCCC(F)F)Cc1ccc(Cl)cc1. The molecule has 1 amide bonds. The van der Waals surface area contributed by atoms with Crippen LogP contribution in [0.5, 0.6) is 0 Å². The van der Waals surface area contributed by atoms with E-state index in [4.69, 9.17) is 16.3 Å².